The van der Waals surface area contributed by atoms with Crippen LogP contribution in [0.25, 0.3) is 11.5 Å². The first-order valence-corrected chi connectivity index (χ1v) is 15.1. The summed E-state index contributed by atoms with van der Waals surface area (Å²) in [5.74, 6) is 0.197. The third-order valence-corrected chi connectivity index (χ3v) is 8.30. The Balaban J connectivity index is 1.33. The zero-order valence-electron chi connectivity index (χ0n) is 24.8. The van der Waals surface area contributed by atoms with Crippen molar-refractivity contribution in [1.29, 1.82) is 0 Å². The van der Waals surface area contributed by atoms with Crippen molar-refractivity contribution >= 4 is 34.7 Å². The highest BCUT2D eigenvalue weighted by molar-refractivity contribution is 5.91. The molecule has 1 N–H and O–H groups in total. The molecule has 2 saturated heterocycles. The van der Waals surface area contributed by atoms with Gasteiger partial charge in [-0.05, 0) is 56.0 Å². The van der Waals surface area contributed by atoms with Crippen LogP contribution in [-0.4, -0.2) is 81.9 Å². The number of rotatable bonds is 7. The highest BCUT2D eigenvalue weighted by atomic mass is 19.4. The SMILES string of the molecule is CCc1c(N2CCN(C(=O)C3CCOC3)CC2)c(=O)n2nc(C3=CCCCO3)nc2n1CC(=O)Nc1ccc(C(F)(F)F)cc1. The van der Waals surface area contributed by atoms with Gasteiger partial charge >= 0.3 is 6.18 Å². The Labute approximate surface area is 256 Å². The summed E-state index contributed by atoms with van der Waals surface area (Å²) in [5.41, 5.74) is -0.121. The highest BCUT2D eigenvalue weighted by Crippen LogP contribution is 2.30. The van der Waals surface area contributed by atoms with Gasteiger partial charge in [-0.25, -0.2) is 0 Å². The molecule has 45 heavy (non-hydrogen) atoms. The summed E-state index contributed by atoms with van der Waals surface area (Å²) in [5, 5.41) is 7.13. The Morgan fingerprint density at radius 1 is 1.09 bits per heavy atom. The fraction of sp³-hybridized carbons (Fsp3) is 0.500. The largest absolute Gasteiger partial charge is 0.490 e. The maximum absolute atomic E-state index is 14.0. The van der Waals surface area contributed by atoms with Crippen molar-refractivity contribution in [2.75, 3.05) is 56.2 Å². The van der Waals surface area contributed by atoms with Crippen LogP contribution in [0.4, 0.5) is 24.5 Å². The second kappa shape index (κ2) is 12.5. The van der Waals surface area contributed by atoms with Gasteiger partial charge in [-0.1, -0.05) is 6.92 Å². The summed E-state index contributed by atoms with van der Waals surface area (Å²) in [6.07, 6.45) is 0.0469. The fourth-order valence-corrected chi connectivity index (χ4v) is 5.97. The van der Waals surface area contributed by atoms with E-state index in [4.69, 9.17) is 9.47 Å². The first-order valence-electron chi connectivity index (χ1n) is 15.1. The summed E-state index contributed by atoms with van der Waals surface area (Å²) in [4.78, 5) is 48.6. The van der Waals surface area contributed by atoms with Crippen LogP contribution in [0.15, 0.2) is 35.1 Å². The number of aromatic nitrogens is 4. The Bertz CT molecular complexity index is 1670. The number of benzene rings is 1. The van der Waals surface area contributed by atoms with E-state index in [1.54, 1.807) is 9.47 Å². The predicted octanol–water partition coefficient (Wildman–Crippen LogP) is 2.95. The van der Waals surface area contributed by atoms with Gasteiger partial charge in [0.1, 0.15) is 12.2 Å². The van der Waals surface area contributed by atoms with Crippen molar-refractivity contribution in [1.82, 2.24) is 24.1 Å². The molecule has 1 atom stereocenters. The van der Waals surface area contributed by atoms with E-state index >= 15 is 0 Å². The highest BCUT2D eigenvalue weighted by Gasteiger charge is 2.33. The number of fused-ring (bicyclic) bond motifs is 1. The van der Waals surface area contributed by atoms with Crippen LogP contribution in [0.3, 0.4) is 0 Å². The Morgan fingerprint density at radius 2 is 1.84 bits per heavy atom. The fourth-order valence-electron chi connectivity index (χ4n) is 5.97. The number of nitrogens with zero attached hydrogens (tertiary/aromatic N) is 6. The van der Waals surface area contributed by atoms with Crippen molar-refractivity contribution in [2.24, 2.45) is 5.92 Å². The second-order valence-corrected chi connectivity index (χ2v) is 11.2. The van der Waals surface area contributed by atoms with E-state index in [0.717, 1.165) is 25.0 Å². The van der Waals surface area contributed by atoms with E-state index in [-0.39, 0.29) is 35.7 Å². The molecule has 2 aromatic heterocycles. The smallest absolute Gasteiger partial charge is 0.416 e. The van der Waals surface area contributed by atoms with Gasteiger partial charge < -0.3 is 29.2 Å². The predicted molar refractivity (Wildman–Crippen MR) is 158 cm³/mol. The van der Waals surface area contributed by atoms with E-state index in [2.05, 4.69) is 15.4 Å². The molecule has 1 aromatic carbocycles. The van der Waals surface area contributed by atoms with Gasteiger partial charge in [-0.3, -0.25) is 14.4 Å². The zero-order valence-corrected chi connectivity index (χ0v) is 24.8. The Morgan fingerprint density at radius 3 is 2.47 bits per heavy atom. The minimum atomic E-state index is -4.50. The molecule has 5 heterocycles. The van der Waals surface area contributed by atoms with Crippen LogP contribution in [0.2, 0.25) is 0 Å². The lowest BCUT2D eigenvalue weighted by Crippen LogP contribution is -2.52. The van der Waals surface area contributed by atoms with Crippen molar-refractivity contribution in [3.63, 3.8) is 0 Å². The van der Waals surface area contributed by atoms with E-state index in [9.17, 15) is 27.6 Å². The number of halogens is 3. The molecule has 3 aliphatic heterocycles. The average molecular weight is 630 g/mol. The molecule has 1 unspecified atom stereocenters. The number of carbonyl (C=O) groups is 2. The van der Waals surface area contributed by atoms with Gasteiger partial charge in [-0.2, -0.15) is 22.7 Å². The third-order valence-electron chi connectivity index (χ3n) is 8.30. The van der Waals surface area contributed by atoms with E-state index in [1.807, 2.05) is 17.9 Å². The normalized spacial score (nSPS) is 19.0. The molecule has 0 aliphatic carbocycles. The van der Waals surface area contributed by atoms with Crippen LogP contribution in [0, 0.1) is 5.92 Å². The standard InChI is InChI=1S/C30H34F3N7O5/c1-2-22-25(37-11-13-38(14-12-37)27(42)19-10-16-44-18-19)28(43)40-29(35-26(36-40)23-5-3-4-15-45-23)39(22)17-24(41)34-21-8-6-20(7-9-21)30(31,32)33/h5-9,19H,2-4,10-18H2,1H3,(H,34,41). The van der Waals surface area contributed by atoms with Crippen LogP contribution >= 0.6 is 0 Å². The van der Waals surface area contributed by atoms with Crippen molar-refractivity contribution < 1.29 is 32.2 Å². The molecule has 12 nitrogen and oxygen atoms in total. The summed E-state index contributed by atoms with van der Waals surface area (Å²) >= 11 is 0. The van der Waals surface area contributed by atoms with Crippen molar-refractivity contribution in [3.8, 4) is 0 Å². The van der Waals surface area contributed by atoms with Crippen LogP contribution in [-0.2, 0) is 38.2 Å². The first-order chi connectivity index (χ1) is 21.6. The zero-order chi connectivity index (χ0) is 31.7. The van der Waals surface area contributed by atoms with Crippen LogP contribution in [0.1, 0.15) is 43.3 Å². The lowest BCUT2D eigenvalue weighted by molar-refractivity contribution is -0.137. The van der Waals surface area contributed by atoms with Gasteiger partial charge in [0.15, 0.2) is 5.76 Å². The Hall–Kier alpha value is -4.40. The van der Waals surface area contributed by atoms with Gasteiger partial charge in [0, 0.05) is 38.5 Å². The number of nitrogens with one attached hydrogen (secondary N) is 1. The van der Waals surface area contributed by atoms with E-state index in [1.165, 1.54) is 16.6 Å². The van der Waals surface area contributed by atoms with Gasteiger partial charge in [-0.15, -0.1) is 5.10 Å². The maximum Gasteiger partial charge on any atom is 0.416 e. The first kappa shape index (κ1) is 30.6. The molecule has 3 aliphatic rings. The van der Waals surface area contributed by atoms with Crippen molar-refractivity contribution in [3.05, 3.63) is 57.8 Å². The minimum Gasteiger partial charge on any atom is -0.490 e. The number of carbonyl (C=O) groups excluding carboxylic acids is 2. The molecule has 0 radical (unpaired) electrons. The van der Waals surface area contributed by atoms with E-state index < -0.39 is 23.2 Å². The van der Waals surface area contributed by atoms with Crippen LogP contribution in [0.5, 0.6) is 0 Å². The molecule has 2 amide bonds. The number of alkyl halides is 3. The number of amides is 2. The maximum atomic E-state index is 14.0. The van der Waals surface area contributed by atoms with E-state index in [0.29, 0.717) is 76.0 Å². The minimum absolute atomic E-state index is 0.0531. The molecule has 6 rings (SSSR count). The number of allylic oxidation sites excluding steroid dienone is 1. The average Bonchev–Trinajstić information content (AvgIpc) is 3.74. The molecule has 15 heteroatoms. The number of hydrogen-bond donors (Lipinski definition) is 1. The monoisotopic (exact) mass is 629 g/mol. The lowest BCUT2D eigenvalue weighted by Gasteiger charge is -2.37. The number of piperazine rings is 1. The molecule has 3 aromatic rings. The summed E-state index contributed by atoms with van der Waals surface area (Å²) in [6, 6.07) is 4.17. The van der Waals surface area contributed by atoms with Gasteiger partial charge in [0.2, 0.25) is 23.4 Å². The molecular formula is C30H34F3N7O5. The molecule has 240 valence electrons. The molecule has 0 bridgehead atoms. The number of anilines is 2. The topological polar surface area (TPSA) is 123 Å². The molecule has 2 fully saturated rings. The second-order valence-electron chi connectivity index (χ2n) is 11.2. The molecule has 0 spiro atoms. The number of ether oxygens (including phenoxy) is 2. The Kier molecular flexibility index (Phi) is 8.53. The summed E-state index contributed by atoms with van der Waals surface area (Å²) in [7, 11) is 0. The number of hydrogen-bond acceptors (Lipinski definition) is 8. The summed E-state index contributed by atoms with van der Waals surface area (Å²) in [6.45, 7) is 4.72. The van der Waals surface area contributed by atoms with Gasteiger partial charge in [0.05, 0.1) is 30.4 Å². The van der Waals surface area contributed by atoms with Crippen molar-refractivity contribution in [2.45, 2.75) is 45.3 Å². The third kappa shape index (κ3) is 6.26. The lowest BCUT2D eigenvalue weighted by atomic mass is 10.1. The quantitative estimate of drug-likeness (QED) is 0.424. The van der Waals surface area contributed by atoms with Gasteiger partial charge in [0.25, 0.3) is 5.56 Å². The molecular weight excluding hydrogens is 595 g/mol. The van der Waals surface area contributed by atoms with Crippen LogP contribution < -0.4 is 15.8 Å². The molecule has 0 saturated carbocycles. The summed E-state index contributed by atoms with van der Waals surface area (Å²) < 4.78 is 53.0.